The smallest absolute Gasteiger partial charge is 0.308 e. The van der Waals surface area contributed by atoms with Crippen LogP contribution >= 0.6 is 0 Å². The monoisotopic (exact) mass is 384 g/mol. The van der Waals surface area contributed by atoms with Crippen LogP contribution in [0.15, 0.2) is 42.5 Å². The molecule has 2 aromatic rings. The van der Waals surface area contributed by atoms with E-state index in [0.29, 0.717) is 22.6 Å². The van der Waals surface area contributed by atoms with Crippen LogP contribution in [0.1, 0.15) is 29.8 Å². The number of allylic oxidation sites excluding steroid dienone is 1. The van der Waals surface area contributed by atoms with Crippen LogP contribution in [-0.4, -0.2) is 31.9 Å². The zero-order chi connectivity index (χ0) is 20.7. The van der Waals surface area contributed by atoms with Gasteiger partial charge in [0.15, 0.2) is 5.78 Å². The van der Waals surface area contributed by atoms with Crippen molar-refractivity contribution in [2.75, 3.05) is 14.2 Å². The Kier molecular flexibility index (Phi) is 6.92. The van der Waals surface area contributed by atoms with E-state index < -0.39 is 11.9 Å². The molecule has 0 aliphatic carbocycles. The molecule has 0 fully saturated rings. The Morgan fingerprint density at radius 3 is 2.04 bits per heavy atom. The first kappa shape index (κ1) is 20.7. The van der Waals surface area contributed by atoms with Gasteiger partial charge in [-0.15, -0.1) is 0 Å². The second kappa shape index (κ2) is 9.36. The molecule has 0 spiro atoms. The fourth-order valence-corrected chi connectivity index (χ4v) is 2.38. The number of carbonyl (C=O) groups is 3. The van der Waals surface area contributed by atoms with E-state index in [4.69, 9.17) is 18.9 Å². The largest absolute Gasteiger partial charge is 0.497 e. The van der Waals surface area contributed by atoms with Crippen molar-refractivity contribution in [3.63, 3.8) is 0 Å². The molecule has 28 heavy (non-hydrogen) atoms. The summed E-state index contributed by atoms with van der Waals surface area (Å²) in [5.41, 5.74) is 0.817. The van der Waals surface area contributed by atoms with Crippen molar-refractivity contribution < 1.29 is 33.3 Å². The van der Waals surface area contributed by atoms with E-state index in [-0.39, 0.29) is 17.3 Å². The van der Waals surface area contributed by atoms with E-state index in [2.05, 4.69) is 0 Å². The Hall–Kier alpha value is -3.61. The lowest BCUT2D eigenvalue weighted by atomic mass is 10.1. The quantitative estimate of drug-likeness (QED) is 0.313. The zero-order valence-corrected chi connectivity index (χ0v) is 16.0. The molecule has 0 bridgehead atoms. The maximum absolute atomic E-state index is 12.6. The highest BCUT2D eigenvalue weighted by molar-refractivity contribution is 6.09. The molecule has 7 heteroatoms. The van der Waals surface area contributed by atoms with Crippen LogP contribution in [0.5, 0.6) is 23.0 Å². The van der Waals surface area contributed by atoms with Gasteiger partial charge in [0, 0.05) is 31.5 Å². The summed E-state index contributed by atoms with van der Waals surface area (Å²) in [7, 11) is 2.98. The van der Waals surface area contributed by atoms with Crippen molar-refractivity contribution in [3.8, 4) is 23.0 Å². The number of hydrogen-bond donors (Lipinski definition) is 0. The molecule has 0 N–H and O–H groups in total. The number of benzene rings is 2. The fraction of sp³-hybridized carbons (Fsp3) is 0.190. The molecular formula is C21H20O7. The van der Waals surface area contributed by atoms with Gasteiger partial charge in [-0.1, -0.05) is 0 Å². The third kappa shape index (κ3) is 5.44. The third-order valence-electron chi connectivity index (χ3n) is 3.59. The van der Waals surface area contributed by atoms with Gasteiger partial charge in [-0.3, -0.25) is 14.4 Å². The van der Waals surface area contributed by atoms with Gasteiger partial charge in [0.2, 0.25) is 0 Å². The lowest BCUT2D eigenvalue weighted by Crippen LogP contribution is -2.05. The van der Waals surface area contributed by atoms with Gasteiger partial charge >= 0.3 is 11.9 Å². The van der Waals surface area contributed by atoms with Crippen molar-refractivity contribution in [3.05, 3.63) is 53.6 Å². The molecule has 0 amide bonds. The normalized spacial score (nSPS) is 10.4. The maximum Gasteiger partial charge on any atom is 0.308 e. The van der Waals surface area contributed by atoms with E-state index in [0.717, 1.165) is 0 Å². The Balaban J connectivity index is 2.33. The van der Waals surface area contributed by atoms with Gasteiger partial charge in [0.05, 0.1) is 19.8 Å². The van der Waals surface area contributed by atoms with Crippen LogP contribution in [0.25, 0.3) is 6.08 Å². The number of esters is 2. The fourth-order valence-electron chi connectivity index (χ4n) is 2.38. The third-order valence-corrected chi connectivity index (χ3v) is 3.59. The molecule has 0 aromatic heterocycles. The van der Waals surface area contributed by atoms with Crippen LogP contribution in [0.2, 0.25) is 0 Å². The molecule has 0 radical (unpaired) electrons. The minimum Gasteiger partial charge on any atom is -0.497 e. The molecule has 0 saturated heterocycles. The summed E-state index contributed by atoms with van der Waals surface area (Å²) >= 11 is 0. The summed E-state index contributed by atoms with van der Waals surface area (Å²) in [6.45, 7) is 2.51. The molecule has 0 unspecified atom stereocenters. The summed E-state index contributed by atoms with van der Waals surface area (Å²) < 4.78 is 20.5. The first-order valence-electron chi connectivity index (χ1n) is 8.29. The predicted octanol–water partition coefficient (Wildman–Crippen LogP) is 3.45. The SMILES string of the molecule is COc1ccc(C(=O)C=Cc2ccc(OC(C)=O)cc2OC(C)=O)c(OC)c1. The van der Waals surface area contributed by atoms with Gasteiger partial charge in [-0.25, -0.2) is 0 Å². The molecule has 2 aromatic carbocycles. The Bertz CT molecular complexity index is 928. The van der Waals surface area contributed by atoms with Crippen molar-refractivity contribution in [2.45, 2.75) is 13.8 Å². The molecule has 0 atom stereocenters. The van der Waals surface area contributed by atoms with Gasteiger partial charge in [0.1, 0.15) is 23.0 Å². The lowest BCUT2D eigenvalue weighted by Gasteiger charge is -2.09. The van der Waals surface area contributed by atoms with Crippen LogP contribution in [0.4, 0.5) is 0 Å². The van der Waals surface area contributed by atoms with E-state index in [9.17, 15) is 14.4 Å². The maximum atomic E-state index is 12.6. The molecule has 2 rings (SSSR count). The molecule has 7 nitrogen and oxygen atoms in total. The topological polar surface area (TPSA) is 88.1 Å². The highest BCUT2D eigenvalue weighted by atomic mass is 16.5. The Morgan fingerprint density at radius 2 is 1.43 bits per heavy atom. The van der Waals surface area contributed by atoms with Crippen molar-refractivity contribution >= 4 is 23.8 Å². The molecular weight excluding hydrogens is 364 g/mol. The van der Waals surface area contributed by atoms with Gasteiger partial charge < -0.3 is 18.9 Å². The van der Waals surface area contributed by atoms with Gasteiger partial charge in [-0.05, 0) is 36.4 Å². The van der Waals surface area contributed by atoms with E-state index in [1.165, 1.54) is 52.4 Å². The van der Waals surface area contributed by atoms with E-state index in [1.807, 2.05) is 0 Å². The average Bonchev–Trinajstić information content (AvgIpc) is 2.65. The van der Waals surface area contributed by atoms with E-state index >= 15 is 0 Å². The second-order valence-corrected chi connectivity index (χ2v) is 5.65. The molecule has 146 valence electrons. The molecule has 0 saturated carbocycles. The summed E-state index contributed by atoms with van der Waals surface area (Å²) in [6.07, 6.45) is 2.83. The lowest BCUT2D eigenvalue weighted by molar-refractivity contribution is -0.132. The van der Waals surface area contributed by atoms with Crippen LogP contribution in [-0.2, 0) is 9.59 Å². The Morgan fingerprint density at radius 1 is 0.786 bits per heavy atom. The van der Waals surface area contributed by atoms with E-state index in [1.54, 1.807) is 24.3 Å². The molecule has 0 aliphatic heterocycles. The first-order valence-corrected chi connectivity index (χ1v) is 8.29. The summed E-state index contributed by atoms with van der Waals surface area (Å²) in [5.74, 6) is -0.0231. The molecule has 0 aliphatic rings. The number of hydrogen-bond acceptors (Lipinski definition) is 7. The van der Waals surface area contributed by atoms with Crippen molar-refractivity contribution in [1.29, 1.82) is 0 Å². The van der Waals surface area contributed by atoms with Crippen LogP contribution < -0.4 is 18.9 Å². The number of rotatable bonds is 7. The van der Waals surface area contributed by atoms with Crippen molar-refractivity contribution in [2.24, 2.45) is 0 Å². The van der Waals surface area contributed by atoms with Gasteiger partial charge in [-0.2, -0.15) is 0 Å². The number of methoxy groups -OCH3 is 2. The highest BCUT2D eigenvalue weighted by Crippen LogP contribution is 2.28. The molecule has 0 heterocycles. The number of ether oxygens (including phenoxy) is 4. The number of ketones is 1. The minimum absolute atomic E-state index is 0.164. The Labute approximate surface area is 162 Å². The van der Waals surface area contributed by atoms with Crippen molar-refractivity contribution in [1.82, 2.24) is 0 Å². The number of carbonyl (C=O) groups excluding carboxylic acids is 3. The zero-order valence-electron chi connectivity index (χ0n) is 16.0. The minimum atomic E-state index is -0.544. The summed E-state index contributed by atoms with van der Waals surface area (Å²) in [6, 6.07) is 9.38. The summed E-state index contributed by atoms with van der Waals surface area (Å²) in [4.78, 5) is 35.0. The predicted molar refractivity (Wildman–Crippen MR) is 102 cm³/mol. The van der Waals surface area contributed by atoms with Gasteiger partial charge in [0.25, 0.3) is 0 Å². The highest BCUT2D eigenvalue weighted by Gasteiger charge is 2.12. The van der Waals surface area contributed by atoms with Crippen LogP contribution in [0, 0.1) is 0 Å². The second-order valence-electron chi connectivity index (χ2n) is 5.65. The van der Waals surface area contributed by atoms with Crippen LogP contribution in [0.3, 0.4) is 0 Å². The summed E-state index contributed by atoms with van der Waals surface area (Å²) in [5, 5.41) is 0. The standard InChI is InChI=1S/C21H20O7/c1-13(22)27-17-7-5-15(20(12-17)28-14(2)23)6-10-19(24)18-9-8-16(25-3)11-21(18)26-4/h5-12H,1-4H3. The average molecular weight is 384 g/mol. The first-order chi connectivity index (χ1) is 13.3.